The summed E-state index contributed by atoms with van der Waals surface area (Å²) in [7, 11) is 1.38. The van der Waals surface area contributed by atoms with Gasteiger partial charge in [-0.3, -0.25) is 0 Å². The molecule has 1 aliphatic carbocycles. The van der Waals surface area contributed by atoms with Crippen molar-refractivity contribution in [2.75, 3.05) is 45.2 Å². The standard InChI is InChI=1S/C25H41N5O3/c1-4-29(5-2)25(32)28-22(24(31)33-3)15-18-30(21-13-14-21)17-7-6-10-20-12-11-19-9-8-16-26-23(19)27-20/h11-12,21-22H,4-10,13-18H2,1-3H3,(H,26,27)(H,28,32). The molecule has 1 saturated carbocycles. The van der Waals surface area contributed by atoms with E-state index in [4.69, 9.17) is 9.72 Å². The number of methoxy groups -OCH3 is 1. The summed E-state index contributed by atoms with van der Waals surface area (Å²) in [6.07, 6.45) is 8.46. The third kappa shape index (κ3) is 7.59. The van der Waals surface area contributed by atoms with Crippen molar-refractivity contribution in [3.8, 4) is 0 Å². The monoisotopic (exact) mass is 459 g/mol. The molecule has 0 bridgehead atoms. The number of carbonyl (C=O) groups excluding carboxylic acids is 2. The van der Waals surface area contributed by atoms with Crippen LogP contribution >= 0.6 is 0 Å². The molecular formula is C25H41N5O3. The first-order valence-corrected chi connectivity index (χ1v) is 12.7. The minimum absolute atomic E-state index is 0.208. The summed E-state index contributed by atoms with van der Waals surface area (Å²) < 4.78 is 4.95. The normalized spacial score (nSPS) is 16.0. The lowest BCUT2D eigenvalue weighted by Gasteiger charge is -2.26. The second-order valence-electron chi connectivity index (χ2n) is 9.05. The largest absolute Gasteiger partial charge is 0.467 e. The quantitative estimate of drug-likeness (QED) is 0.348. The third-order valence-electron chi connectivity index (χ3n) is 6.68. The molecule has 2 heterocycles. The maximum atomic E-state index is 12.4. The highest BCUT2D eigenvalue weighted by atomic mass is 16.5. The lowest BCUT2D eigenvalue weighted by Crippen LogP contribution is -2.49. The van der Waals surface area contributed by atoms with Gasteiger partial charge in [0, 0.05) is 37.9 Å². The number of esters is 1. The van der Waals surface area contributed by atoms with Crippen LogP contribution in [-0.2, 0) is 22.4 Å². The Morgan fingerprint density at radius 3 is 2.70 bits per heavy atom. The molecule has 3 rings (SSSR count). The molecule has 0 aromatic carbocycles. The van der Waals surface area contributed by atoms with Crippen LogP contribution in [0.4, 0.5) is 10.6 Å². The van der Waals surface area contributed by atoms with Crippen LogP contribution in [0.5, 0.6) is 0 Å². The van der Waals surface area contributed by atoms with E-state index < -0.39 is 6.04 Å². The first kappa shape index (κ1) is 25.3. The van der Waals surface area contributed by atoms with Gasteiger partial charge in [-0.1, -0.05) is 6.07 Å². The number of carbonyl (C=O) groups is 2. The number of fused-ring (bicyclic) bond motifs is 1. The minimum Gasteiger partial charge on any atom is -0.467 e. The zero-order valence-electron chi connectivity index (χ0n) is 20.6. The van der Waals surface area contributed by atoms with E-state index in [9.17, 15) is 9.59 Å². The van der Waals surface area contributed by atoms with E-state index in [0.717, 1.165) is 56.8 Å². The average Bonchev–Trinajstić information content (AvgIpc) is 3.68. The number of nitrogens with one attached hydrogen (secondary N) is 2. The van der Waals surface area contributed by atoms with Crippen LogP contribution in [0.2, 0.25) is 0 Å². The Labute approximate surface area is 198 Å². The molecule has 2 N–H and O–H groups in total. The van der Waals surface area contributed by atoms with Crippen molar-refractivity contribution in [2.45, 2.75) is 77.3 Å². The van der Waals surface area contributed by atoms with Gasteiger partial charge in [0.05, 0.1) is 7.11 Å². The molecule has 1 aromatic heterocycles. The number of rotatable bonds is 13. The lowest BCUT2D eigenvalue weighted by atomic mass is 10.1. The fourth-order valence-corrected chi connectivity index (χ4v) is 4.48. The van der Waals surface area contributed by atoms with Crippen molar-refractivity contribution in [3.05, 3.63) is 23.4 Å². The van der Waals surface area contributed by atoms with E-state index in [1.165, 1.54) is 31.9 Å². The summed E-state index contributed by atoms with van der Waals surface area (Å²) >= 11 is 0. The van der Waals surface area contributed by atoms with Gasteiger partial charge in [0.25, 0.3) is 0 Å². The molecule has 8 nitrogen and oxygen atoms in total. The van der Waals surface area contributed by atoms with Crippen LogP contribution in [0.25, 0.3) is 0 Å². The molecule has 0 radical (unpaired) electrons. The topological polar surface area (TPSA) is 86.8 Å². The Hall–Kier alpha value is -2.35. The predicted octanol–water partition coefficient (Wildman–Crippen LogP) is 3.21. The van der Waals surface area contributed by atoms with Crippen molar-refractivity contribution in [3.63, 3.8) is 0 Å². The smallest absolute Gasteiger partial charge is 0.328 e. The zero-order valence-corrected chi connectivity index (χ0v) is 20.6. The number of aryl methyl sites for hydroxylation is 2. The molecule has 0 spiro atoms. The van der Waals surface area contributed by atoms with Crippen molar-refractivity contribution >= 4 is 17.8 Å². The second-order valence-corrected chi connectivity index (χ2v) is 9.05. The summed E-state index contributed by atoms with van der Waals surface area (Å²) in [6, 6.07) is 4.17. The van der Waals surface area contributed by atoms with E-state index in [1.807, 2.05) is 13.8 Å². The number of ether oxygens (including phenoxy) is 1. The number of nitrogens with zero attached hydrogens (tertiary/aromatic N) is 3. The molecule has 184 valence electrons. The molecule has 0 saturated heterocycles. The summed E-state index contributed by atoms with van der Waals surface area (Å²) in [5.74, 6) is 0.692. The summed E-state index contributed by atoms with van der Waals surface area (Å²) in [5, 5.41) is 6.28. The third-order valence-corrected chi connectivity index (χ3v) is 6.68. The molecular weight excluding hydrogens is 418 g/mol. The van der Waals surface area contributed by atoms with Crippen LogP contribution in [0.1, 0.15) is 63.6 Å². The van der Waals surface area contributed by atoms with Crippen LogP contribution in [-0.4, -0.2) is 78.7 Å². The molecule has 2 amide bonds. The van der Waals surface area contributed by atoms with Gasteiger partial charge in [0.1, 0.15) is 11.9 Å². The lowest BCUT2D eigenvalue weighted by molar-refractivity contribution is -0.143. The van der Waals surface area contributed by atoms with Crippen molar-refractivity contribution in [1.29, 1.82) is 0 Å². The highest BCUT2D eigenvalue weighted by Crippen LogP contribution is 2.27. The predicted molar refractivity (Wildman–Crippen MR) is 130 cm³/mol. The Morgan fingerprint density at radius 2 is 2.00 bits per heavy atom. The second kappa shape index (κ2) is 12.8. The number of aromatic nitrogens is 1. The maximum Gasteiger partial charge on any atom is 0.328 e. The fourth-order valence-electron chi connectivity index (χ4n) is 4.48. The minimum atomic E-state index is -0.614. The Morgan fingerprint density at radius 1 is 1.21 bits per heavy atom. The van der Waals surface area contributed by atoms with Gasteiger partial charge < -0.3 is 25.2 Å². The number of pyridine rings is 1. The Kier molecular flexibility index (Phi) is 9.78. The number of anilines is 1. The number of urea groups is 1. The van der Waals surface area contributed by atoms with Crippen LogP contribution in [0.15, 0.2) is 12.1 Å². The molecule has 1 fully saturated rings. The van der Waals surface area contributed by atoms with E-state index >= 15 is 0 Å². The summed E-state index contributed by atoms with van der Waals surface area (Å²) in [6.45, 7) is 7.89. The number of hydrogen-bond acceptors (Lipinski definition) is 6. The number of amides is 2. The van der Waals surface area contributed by atoms with Gasteiger partial charge in [-0.2, -0.15) is 0 Å². The Bertz CT molecular complexity index is 779. The van der Waals surface area contributed by atoms with Gasteiger partial charge in [-0.15, -0.1) is 0 Å². The van der Waals surface area contributed by atoms with Gasteiger partial charge in [0.15, 0.2) is 0 Å². The van der Waals surface area contributed by atoms with Gasteiger partial charge in [-0.25, -0.2) is 14.6 Å². The SMILES string of the molecule is CCN(CC)C(=O)NC(CCN(CCCCc1ccc2c(n1)NCCC2)C1CC1)C(=O)OC. The van der Waals surface area contributed by atoms with E-state index in [1.54, 1.807) is 4.90 Å². The van der Waals surface area contributed by atoms with Gasteiger partial charge >= 0.3 is 12.0 Å². The highest BCUT2D eigenvalue weighted by molar-refractivity contribution is 5.83. The molecule has 1 aromatic rings. The first-order chi connectivity index (χ1) is 16.0. The summed E-state index contributed by atoms with van der Waals surface area (Å²) in [5.41, 5.74) is 2.49. The van der Waals surface area contributed by atoms with Crippen LogP contribution in [0.3, 0.4) is 0 Å². The van der Waals surface area contributed by atoms with E-state index in [2.05, 4.69) is 27.7 Å². The highest BCUT2D eigenvalue weighted by Gasteiger charge is 2.30. The van der Waals surface area contributed by atoms with Crippen molar-refractivity contribution in [1.82, 2.24) is 20.1 Å². The Balaban J connectivity index is 1.45. The van der Waals surface area contributed by atoms with Crippen LogP contribution < -0.4 is 10.6 Å². The van der Waals surface area contributed by atoms with Crippen LogP contribution in [0, 0.1) is 0 Å². The van der Waals surface area contributed by atoms with E-state index in [-0.39, 0.29) is 12.0 Å². The maximum absolute atomic E-state index is 12.4. The number of hydrogen-bond donors (Lipinski definition) is 2. The average molecular weight is 460 g/mol. The molecule has 2 aliphatic rings. The molecule has 1 aliphatic heterocycles. The van der Waals surface area contributed by atoms with Gasteiger partial charge in [0.2, 0.25) is 0 Å². The molecule has 8 heteroatoms. The molecule has 33 heavy (non-hydrogen) atoms. The zero-order chi connectivity index (χ0) is 23.6. The number of unbranched alkanes of at least 4 members (excludes halogenated alkanes) is 1. The summed E-state index contributed by atoms with van der Waals surface area (Å²) in [4.78, 5) is 33.7. The van der Waals surface area contributed by atoms with E-state index in [0.29, 0.717) is 25.6 Å². The van der Waals surface area contributed by atoms with Gasteiger partial charge in [-0.05, 0) is 83.4 Å². The van der Waals surface area contributed by atoms with Crippen molar-refractivity contribution in [2.24, 2.45) is 0 Å². The van der Waals surface area contributed by atoms with Crippen molar-refractivity contribution < 1.29 is 14.3 Å². The fraction of sp³-hybridized carbons (Fsp3) is 0.720. The molecule has 1 atom stereocenters. The molecule has 1 unspecified atom stereocenters. The first-order valence-electron chi connectivity index (χ1n) is 12.7.